The van der Waals surface area contributed by atoms with Crippen molar-refractivity contribution in [2.75, 3.05) is 0 Å². The number of hydrogen-bond donors (Lipinski definition) is 1. The Hall–Kier alpha value is -3.24. The highest BCUT2D eigenvalue weighted by Gasteiger charge is 2.17. The predicted octanol–water partition coefficient (Wildman–Crippen LogP) is 3.21. The predicted molar refractivity (Wildman–Crippen MR) is 101 cm³/mol. The van der Waals surface area contributed by atoms with E-state index in [1.807, 2.05) is 6.07 Å². The van der Waals surface area contributed by atoms with Crippen LogP contribution in [0.5, 0.6) is 0 Å². The molecule has 0 saturated carbocycles. The number of carbonyl (C=O) groups excluding carboxylic acids is 1. The number of halogens is 1. The number of thiazole rings is 1. The van der Waals surface area contributed by atoms with Crippen molar-refractivity contribution in [2.24, 2.45) is 0 Å². The molecule has 1 N–H and O–H groups in total. The molecule has 0 aliphatic carbocycles. The molecule has 7 heteroatoms. The Bertz CT molecular complexity index is 1080. The van der Waals surface area contributed by atoms with Crippen LogP contribution >= 0.6 is 11.3 Å². The average molecular weight is 381 g/mol. The Morgan fingerprint density at radius 3 is 2.63 bits per heavy atom. The van der Waals surface area contributed by atoms with Gasteiger partial charge in [-0.15, -0.1) is 0 Å². The Balaban J connectivity index is 1.73. The van der Waals surface area contributed by atoms with Crippen molar-refractivity contribution in [1.82, 2.24) is 9.88 Å². The van der Waals surface area contributed by atoms with Gasteiger partial charge in [-0.3, -0.25) is 14.2 Å². The summed E-state index contributed by atoms with van der Waals surface area (Å²) in [5, 5.41) is 11.6. The topological polar surface area (TPSA) is 74.9 Å². The fourth-order valence-corrected chi connectivity index (χ4v) is 3.56. The molecule has 2 aromatic carbocycles. The standard InChI is InChI=1S/C20H16FN3O2S/c1-13-18(19(25)23-11-15-7-5-14(10-22)6-8-15)27-20(26)24(13)12-16-3-2-4-17(21)9-16/h2-9H,11-12H2,1H3,(H,23,25). The number of benzene rings is 2. The molecule has 0 spiro atoms. The Morgan fingerprint density at radius 2 is 1.96 bits per heavy atom. The van der Waals surface area contributed by atoms with Gasteiger partial charge in [0.1, 0.15) is 10.7 Å². The summed E-state index contributed by atoms with van der Waals surface area (Å²) in [4.78, 5) is 24.8. The van der Waals surface area contributed by atoms with E-state index in [2.05, 4.69) is 5.32 Å². The van der Waals surface area contributed by atoms with Crippen LogP contribution in [-0.2, 0) is 13.1 Å². The monoisotopic (exact) mass is 381 g/mol. The zero-order chi connectivity index (χ0) is 19.4. The van der Waals surface area contributed by atoms with Crippen LogP contribution in [0, 0.1) is 24.1 Å². The lowest BCUT2D eigenvalue weighted by molar-refractivity contribution is 0.0954. The highest BCUT2D eigenvalue weighted by Crippen LogP contribution is 2.15. The quantitative estimate of drug-likeness (QED) is 0.737. The van der Waals surface area contributed by atoms with Crippen molar-refractivity contribution in [3.05, 3.63) is 91.3 Å². The van der Waals surface area contributed by atoms with E-state index >= 15 is 0 Å². The molecule has 0 aliphatic heterocycles. The second kappa shape index (κ2) is 7.98. The third kappa shape index (κ3) is 4.30. The smallest absolute Gasteiger partial charge is 0.308 e. The molecule has 5 nitrogen and oxygen atoms in total. The SMILES string of the molecule is Cc1c(C(=O)NCc2ccc(C#N)cc2)sc(=O)n1Cc1cccc(F)c1. The van der Waals surface area contributed by atoms with Crippen LogP contribution in [0.1, 0.15) is 32.1 Å². The number of aromatic nitrogens is 1. The van der Waals surface area contributed by atoms with E-state index in [1.54, 1.807) is 43.3 Å². The van der Waals surface area contributed by atoms with E-state index in [4.69, 9.17) is 5.26 Å². The number of rotatable bonds is 5. The maximum absolute atomic E-state index is 13.3. The molecule has 1 aromatic heterocycles. The minimum absolute atomic E-state index is 0.210. The fourth-order valence-electron chi connectivity index (χ4n) is 2.65. The average Bonchev–Trinajstić information content (AvgIpc) is 2.95. The largest absolute Gasteiger partial charge is 0.347 e. The van der Waals surface area contributed by atoms with Crippen LogP contribution < -0.4 is 10.2 Å². The molecule has 3 rings (SSSR count). The van der Waals surface area contributed by atoms with E-state index in [9.17, 15) is 14.0 Å². The molecule has 27 heavy (non-hydrogen) atoms. The van der Waals surface area contributed by atoms with Gasteiger partial charge in [0.25, 0.3) is 5.91 Å². The first-order chi connectivity index (χ1) is 13.0. The van der Waals surface area contributed by atoms with E-state index < -0.39 is 0 Å². The molecule has 136 valence electrons. The minimum Gasteiger partial charge on any atom is -0.347 e. The van der Waals surface area contributed by atoms with E-state index in [0.717, 1.165) is 16.9 Å². The van der Waals surface area contributed by atoms with Gasteiger partial charge >= 0.3 is 4.87 Å². The Labute approximate surface area is 159 Å². The molecule has 0 radical (unpaired) electrons. The summed E-state index contributed by atoms with van der Waals surface area (Å²) >= 11 is 0.872. The van der Waals surface area contributed by atoms with Crippen LogP contribution in [0.3, 0.4) is 0 Å². The van der Waals surface area contributed by atoms with Gasteiger partial charge in [0.05, 0.1) is 18.2 Å². The summed E-state index contributed by atoms with van der Waals surface area (Å²) in [5.41, 5.74) is 2.61. The van der Waals surface area contributed by atoms with Crippen LogP contribution in [0.25, 0.3) is 0 Å². The molecular weight excluding hydrogens is 365 g/mol. The van der Waals surface area contributed by atoms with Crippen molar-refractivity contribution in [3.63, 3.8) is 0 Å². The van der Waals surface area contributed by atoms with Crippen LogP contribution in [-0.4, -0.2) is 10.5 Å². The molecule has 1 heterocycles. The lowest BCUT2D eigenvalue weighted by atomic mass is 10.1. The van der Waals surface area contributed by atoms with Crippen molar-refractivity contribution in [3.8, 4) is 6.07 Å². The first-order valence-electron chi connectivity index (χ1n) is 8.20. The van der Waals surface area contributed by atoms with Crippen LogP contribution in [0.2, 0.25) is 0 Å². The van der Waals surface area contributed by atoms with Crippen molar-refractivity contribution < 1.29 is 9.18 Å². The van der Waals surface area contributed by atoms with Gasteiger partial charge in [-0.05, 0) is 42.3 Å². The highest BCUT2D eigenvalue weighted by molar-refractivity contribution is 7.11. The van der Waals surface area contributed by atoms with Gasteiger partial charge in [-0.1, -0.05) is 35.6 Å². The van der Waals surface area contributed by atoms with Gasteiger partial charge in [0.2, 0.25) is 0 Å². The van der Waals surface area contributed by atoms with Crippen molar-refractivity contribution >= 4 is 17.2 Å². The molecule has 0 atom stereocenters. The zero-order valence-electron chi connectivity index (χ0n) is 14.5. The normalized spacial score (nSPS) is 10.4. The molecule has 0 fully saturated rings. The maximum Gasteiger partial charge on any atom is 0.308 e. The lowest BCUT2D eigenvalue weighted by Gasteiger charge is -2.07. The van der Waals surface area contributed by atoms with Gasteiger partial charge < -0.3 is 5.32 Å². The Morgan fingerprint density at radius 1 is 1.22 bits per heavy atom. The molecule has 1 amide bonds. The molecule has 0 bridgehead atoms. The third-order valence-electron chi connectivity index (χ3n) is 4.12. The number of nitriles is 1. The van der Waals surface area contributed by atoms with Crippen molar-refractivity contribution in [2.45, 2.75) is 20.0 Å². The molecule has 0 saturated heterocycles. The van der Waals surface area contributed by atoms with Crippen LogP contribution in [0.15, 0.2) is 53.3 Å². The summed E-state index contributed by atoms with van der Waals surface area (Å²) in [7, 11) is 0. The lowest BCUT2D eigenvalue weighted by Crippen LogP contribution is -2.23. The van der Waals surface area contributed by atoms with E-state index in [0.29, 0.717) is 28.2 Å². The number of nitrogens with zero attached hydrogens (tertiary/aromatic N) is 2. The first-order valence-corrected chi connectivity index (χ1v) is 9.01. The van der Waals surface area contributed by atoms with Crippen molar-refractivity contribution in [1.29, 1.82) is 5.26 Å². The van der Waals surface area contributed by atoms with Gasteiger partial charge in [-0.25, -0.2) is 4.39 Å². The maximum atomic E-state index is 13.3. The molecular formula is C20H16FN3O2S. The minimum atomic E-state index is -0.367. The van der Waals surface area contributed by atoms with Gasteiger partial charge in [0, 0.05) is 12.2 Å². The molecule has 0 aliphatic rings. The summed E-state index contributed by atoms with van der Waals surface area (Å²) in [5.74, 6) is -0.703. The van der Waals surface area contributed by atoms with E-state index in [-0.39, 0.29) is 23.1 Å². The summed E-state index contributed by atoms with van der Waals surface area (Å²) < 4.78 is 14.8. The second-order valence-electron chi connectivity index (χ2n) is 5.99. The Kier molecular flexibility index (Phi) is 5.48. The summed E-state index contributed by atoms with van der Waals surface area (Å²) in [6.45, 7) is 2.20. The second-order valence-corrected chi connectivity index (χ2v) is 6.95. The summed E-state index contributed by atoms with van der Waals surface area (Å²) in [6.07, 6.45) is 0. The molecule has 3 aromatic rings. The number of hydrogen-bond acceptors (Lipinski definition) is 4. The third-order valence-corrected chi connectivity index (χ3v) is 5.20. The number of nitrogens with one attached hydrogen (secondary N) is 1. The van der Waals surface area contributed by atoms with Crippen LogP contribution in [0.4, 0.5) is 4.39 Å². The fraction of sp³-hybridized carbons (Fsp3) is 0.150. The van der Waals surface area contributed by atoms with Gasteiger partial charge in [0.15, 0.2) is 0 Å². The highest BCUT2D eigenvalue weighted by atomic mass is 32.1. The first kappa shape index (κ1) is 18.5. The number of amides is 1. The summed E-state index contributed by atoms with van der Waals surface area (Å²) in [6, 6.07) is 15.0. The van der Waals surface area contributed by atoms with E-state index in [1.165, 1.54) is 16.7 Å². The zero-order valence-corrected chi connectivity index (χ0v) is 15.3. The molecule has 0 unspecified atom stereocenters. The number of carbonyl (C=O) groups is 1. The van der Waals surface area contributed by atoms with Gasteiger partial charge in [-0.2, -0.15) is 5.26 Å².